The number of hydrogen-bond donors (Lipinski definition) is 1. The van der Waals surface area contributed by atoms with Crippen LogP contribution >= 0.6 is 0 Å². The van der Waals surface area contributed by atoms with E-state index in [1.165, 1.54) is 22.2 Å². The quantitative estimate of drug-likeness (QED) is 0.800. The maximum atomic E-state index is 4.16. The molecule has 0 fully saturated rings. The molecule has 0 saturated heterocycles. The molecule has 0 bridgehead atoms. The second-order valence-corrected chi connectivity index (χ2v) is 5.55. The van der Waals surface area contributed by atoms with Crippen LogP contribution in [0.4, 0.5) is 0 Å². The van der Waals surface area contributed by atoms with Gasteiger partial charge in [-0.2, -0.15) is 0 Å². The zero-order valence-corrected chi connectivity index (χ0v) is 13.0. The molecule has 2 heterocycles. The van der Waals surface area contributed by atoms with Crippen molar-refractivity contribution in [2.45, 2.75) is 26.4 Å². The van der Waals surface area contributed by atoms with E-state index in [-0.39, 0.29) is 6.04 Å². The van der Waals surface area contributed by atoms with Crippen LogP contribution in [0, 0.1) is 6.92 Å². The van der Waals surface area contributed by atoms with Gasteiger partial charge in [0.15, 0.2) is 0 Å². The zero-order chi connectivity index (χ0) is 15.0. The fourth-order valence-electron chi connectivity index (χ4n) is 2.91. The molecule has 2 aromatic heterocycles. The number of aromatic nitrogens is 4. The van der Waals surface area contributed by atoms with Crippen molar-refractivity contribution in [3.8, 4) is 0 Å². The van der Waals surface area contributed by atoms with E-state index >= 15 is 0 Å². The number of hydrogen-bond acceptors (Lipinski definition) is 3. The fourth-order valence-corrected chi connectivity index (χ4v) is 2.91. The van der Waals surface area contributed by atoms with E-state index in [9.17, 15) is 0 Å². The third-order valence-corrected chi connectivity index (χ3v) is 4.22. The molecule has 0 aliphatic rings. The van der Waals surface area contributed by atoms with Gasteiger partial charge in [0.2, 0.25) is 0 Å². The molecular weight excluding hydrogens is 262 g/mol. The van der Waals surface area contributed by atoms with Crippen LogP contribution in [0.2, 0.25) is 0 Å². The number of aryl methyl sites for hydroxylation is 3. The van der Waals surface area contributed by atoms with Gasteiger partial charge in [-0.15, -0.1) is 10.2 Å². The Morgan fingerprint density at radius 2 is 2.00 bits per heavy atom. The van der Waals surface area contributed by atoms with Gasteiger partial charge in [0, 0.05) is 37.2 Å². The molecular formula is C16H21N5. The van der Waals surface area contributed by atoms with Crippen LogP contribution in [0.25, 0.3) is 10.9 Å². The highest BCUT2D eigenvalue weighted by Crippen LogP contribution is 2.24. The summed E-state index contributed by atoms with van der Waals surface area (Å²) >= 11 is 0. The first kappa shape index (κ1) is 13.8. The average Bonchev–Trinajstić information content (AvgIpc) is 3.01. The molecule has 110 valence electrons. The minimum absolute atomic E-state index is 0.162. The maximum absolute atomic E-state index is 4.16. The van der Waals surface area contributed by atoms with Crippen LogP contribution in [0.1, 0.15) is 30.0 Å². The minimum Gasteiger partial charge on any atom is -0.346 e. The van der Waals surface area contributed by atoms with Crippen molar-refractivity contribution >= 4 is 10.9 Å². The van der Waals surface area contributed by atoms with Crippen molar-refractivity contribution in [2.24, 2.45) is 14.1 Å². The molecule has 21 heavy (non-hydrogen) atoms. The van der Waals surface area contributed by atoms with Gasteiger partial charge in [0.05, 0.1) is 6.04 Å². The first-order valence-corrected chi connectivity index (χ1v) is 7.19. The second kappa shape index (κ2) is 5.33. The number of para-hydroxylation sites is 1. The second-order valence-electron chi connectivity index (χ2n) is 5.55. The molecule has 1 aromatic carbocycles. The number of rotatable bonds is 4. The molecule has 0 amide bonds. The van der Waals surface area contributed by atoms with E-state index in [1.807, 2.05) is 11.6 Å². The summed E-state index contributed by atoms with van der Waals surface area (Å²) in [5.41, 5.74) is 3.93. The summed E-state index contributed by atoms with van der Waals surface area (Å²) in [6.07, 6.45) is 1.73. The lowest BCUT2D eigenvalue weighted by Gasteiger charge is -2.14. The van der Waals surface area contributed by atoms with E-state index in [1.54, 1.807) is 6.33 Å². The smallest absolute Gasteiger partial charge is 0.149 e. The Morgan fingerprint density at radius 1 is 1.24 bits per heavy atom. The summed E-state index contributed by atoms with van der Waals surface area (Å²) in [6, 6.07) is 8.68. The van der Waals surface area contributed by atoms with Gasteiger partial charge >= 0.3 is 0 Å². The summed E-state index contributed by atoms with van der Waals surface area (Å²) in [4.78, 5) is 0. The van der Waals surface area contributed by atoms with Crippen molar-refractivity contribution in [3.05, 3.63) is 47.7 Å². The SMILES string of the molecule is Cc1c(CNC(C)c2nncn2C)n(C)c2ccccc12. The van der Waals surface area contributed by atoms with Crippen LogP contribution in [-0.2, 0) is 20.6 Å². The van der Waals surface area contributed by atoms with Crippen LogP contribution in [0.3, 0.4) is 0 Å². The van der Waals surface area contributed by atoms with E-state index in [4.69, 9.17) is 0 Å². The normalized spacial score (nSPS) is 13.0. The van der Waals surface area contributed by atoms with Crippen molar-refractivity contribution < 1.29 is 0 Å². The summed E-state index contributed by atoms with van der Waals surface area (Å²) in [5.74, 6) is 0.950. The lowest BCUT2D eigenvalue weighted by atomic mass is 10.1. The molecule has 3 rings (SSSR count). The van der Waals surface area contributed by atoms with Gasteiger partial charge in [-0.05, 0) is 25.5 Å². The monoisotopic (exact) mass is 283 g/mol. The Hall–Kier alpha value is -2.14. The Labute approximate surface area is 124 Å². The minimum atomic E-state index is 0.162. The zero-order valence-electron chi connectivity index (χ0n) is 13.0. The standard InChI is InChI=1S/C16H21N5/c1-11-13-7-5-6-8-14(13)21(4)15(11)9-17-12(2)16-19-18-10-20(16)3/h5-8,10,12,17H,9H2,1-4H3. The van der Waals surface area contributed by atoms with Crippen LogP contribution in [0.15, 0.2) is 30.6 Å². The lowest BCUT2D eigenvalue weighted by molar-refractivity contribution is 0.517. The van der Waals surface area contributed by atoms with E-state index < -0.39 is 0 Å². The highest BCUT2D eigenvalue weighted by Gasteiger charge is 2.14. The van der Waals surface area contributed by atoms with Crippen molar-refractivity contribution in [2.75, 3.05) is 0 Å². The first-order chi connectivity index (χ1) is 10.1. The lowest BCUT2D eigenvalue weighted by Crippen LogP contribution is -2.22. The van der Waals surface area contributed by atoms with E-state index in [0.29, 0.717) is 0 Å². The average molecular weight is 283 g/mol. The third kappa shape index (κ3) is 2.34. The van der Waals surface area contributed by atoms with Crippen molar-refractivity contribution in [1.29, 1.82) is 0 Å². The molecule has 1 unspecified atom stereocenters. The molecule has 0 aliphatic carbocycles. The Morgan fingerprint density at radius 3 is 2.67 bits per heavy atom. The predicted octanol–water partition coefficient (Wildman–Crippen LogP) is 2.47. The Bertz CT molecular complexity index is 729. The summed E-state index contributed by atoms with van der Waals surface area (Å²) in [6.45, 7) is 5.11. The Kier molecular flexibility index (Phi) is 3.51. The van der Waals surface area contributed by atoms with Gasteiger partial charge in [-0.25, -0.2) is 0 Å². The maximum Gasteiger partial charge on any atom is 0.149 e. The molecule has 0 spiro atoms. The molecule has 5 nitrogen and oxygen atoms in total. The summed E-state index contributed by atoms with van der Waals surface area (Å²) < 4.78 is 4.22. The van der Waals surface area contributed by atoms with Gasteiger partial charge in [-0.1, -0.05) is 18.2 Å². The van der Waals surface area contributed by atoms with Crippen LogP contribution in [0.5, 0.6) is 0 Å². The summed E-state index contributed by atoms with van der Waals surface area (Å²) in [7, 11) is 4.09. The molecule has 3 aromatic rings. The van der Waals surface area contributed by atoms with Gasteiger partial charge in [0.1, 0.15) is 12.2 Å². The van der Waals surface area contributed by atoms with Crippen LogP contribution < -0.4 is 5.32 Å². The molecule has 5 heteroatoms. The third-order valence-electron chi connectivity index (χ3n) is 4.22. The van der Waals surface area contributed by atoms with Crippen LogP contribution in [-0.4, -0.2) is 19.3 Å². The number of benzene rings is 1. The molecule has 1 N–H and O–H groups in total. The van der Waals surface area contributed by atoms with Crippen molar-refractivity contribution in [1.82, 2.24) is 24.6 Å². The highest BCUT2D eigenvalue weighted by molar-refractivity contribution is 5.85. The Balaban J connectivity index is 1.84. The highest BCUT2D eigenvalue weighted by atomic mass is 15.3. The fraction of sp³-hybridized carbons (Fsp3) is 0.375. The first-order valence-electron chi connectivity index (χ1n) is 7.19. The topological polar surface area (TPSA) is 47.7 Å². The number of nitrogens with zero attached hydrogens (tertiary/aromatic N) is 4. The predicted molar refractivity (Wildman–Crippen MR) is 83.9 cm³/mol. The van der Waals surface area contributed by atoms with Gasteiger partial charge in [0.25, 0.3) is 0 Å². The molecule has 0 saturated carbocycles. The largest absolute Gasteiger partial charge is 0.346 e. The van der Waals surface area contributed by atoms with E-state index in [0.717, 1.165) is 12.4 Å². The molecule has 0 radical (unpaired) electrons. The number of nitrogens with one attached hydrogen (secondary N) is 1. The summed E-state index contributed by atoms with van der Waals surface area (Å²) in [5, 5.41) is 13.0. The molecule has 0 aliphatic heterocycles. The van der Waals surface area contributed by atoms with Gasteiger partial charge in [-0.3, -0.25) is 0 Å². The van der Waals surface area contributed by atoms with Crippen molar-refractivity contribution in [3.63, 3.8) is 0 Å². The molecule has 1 atom stereocenters. The van der Waals surface area contributed by atoms with E-state index in [2.05, 4.69) is 65.2 Å². The number of fused-ring (bicyclic) bond motifs is 1. The van der Waals surface area contributed by atoms with Gasteiger partial charge < -0.3 is 14.5 Å².